The lowest BCUT2D eigenvalue weighted by Gasteiger charge is -2.46. The number of nitro benzene ring substituents is 1. The second-order valence-electron chi connectivity index (χ2n) is 8.02. The number of carbonyl (C=O) groups is 2. The molecule has 1 aliphatic rings. The molecule has 2 amide bonds. The molecule has 9 nitrogen and oxygen atoms in total. The highest BCUT2D eigenvalue weighted by Gasteiger charge is 2.38. The van der Waals surface area contributed by atoms with Crippen LogP contribution in [-0.2, 0) is 9.59 Å². The van der Waals surface area contributed by atoms with Crippen LogP contribution in [0.25, 0.3) is 0 Å². The largest absolute Gasteiger partial charge is 0.345 e. The van der Waals surface area contributed by atoms with E-state index in [1.165, 1.54) is 30.5 Å². The predicted octanol–water partition coefficient (Wildman–Crippen LogP) is 1.47. The summed E-state index contributed by atoms with van der Waals surface area (Å²) < 4.78 is 0. The van der Waals surface area contributed by atoms with Crippen LogP contribution in [0.15, 0.2) is 29.4 Å². The molecular weight excluding hydrogens is 350 g/mol. The third-order valence-electron chi connectivity index (χ3n) is 4.22. The Kier molecular flexibility index (Phi) is 5.94. The van der Waals surface area contributed by atoms with Crippen molar-refractivity contribution in [2.24, 2.45) is 5.10 Å². The smallest absolute Gasteiger partial charge is 0.329 e. The Bertz CT molecular complexity index is 740. The first-order valence-electron chi connectivity index (χ1n) is 8.65. The van der Waals surface area contributed by atoms with E-state index in [0.29, 0.717) is 18.4 Å². The number of nitro groups is 1. The normalized spacial score (nSPS) is 18.8. The van der Waals surface area contributed by atoms with Gasteiger partial charge in [0.05, 0.1) is 11.1 Å². The average molecular weight is 375 g/mol. The molecule has 0 radical (unpaired) electrons. The van der Waals surface area contributed by atoms with Gasteiger partial charge in [-0.05, 0) is 58.2 Å². The van der Waals surface area contributed by atoms with Crippen molar-refractivity contribution in [2.75, 3.05) is 0 Å². The van der Waals surface area contributed by atoms with E-state index in [-0.39, 0.29) is 22.8 Å². The van der Waals surface area contributed by atoms with Crippen molar-refractivity contribution in [2.45, 2.75) is 57.7 Å². The molecule has 0 spiro atoms. The molecule has 2 rings (SSSR count). The molecule has 0 atom stereocenters. The van der Waals surface area contributed by atoms with E-state index in [2.05, 4.69) is 48.9 Å². The average Bonchev–Trinajstić information content (AvgIpc) is 2.52. The number of nitrogens with zero attached hydrogens (tertiary/aromatic N) is 2. The molecule has 9 heteroatoms. The lowest BCUT2D eigenvalue weighted by Crippen LogP contribution is -2.62. The molecule has 1 aromatic carbocycles. The van der Waals surface area contributed by atoms with Crippen LogP contribution < -0.4 is 16.1 Å². The van der Waals surface area contributed by atoms with Gasteiger partial charge in [0, 0.05) is 29.3 Å². The molecule has 0 unspecified atom stereocenters. The van der Waals surface area contributed by atoms with E-state index >= 15 is 0 Å². The molecule has 3 N–H and O–H groups in total. The van der Waals surface area contributed by atoms with Gasteiger partial charge in [0.2, 0.25) is 0 Å². The zero-order valence-corrected chi connectivity index (χ0v) is 15.9. The van der Waals surface area contributed by atoms with Gasteiger partial charge in [-0.15, -0.1) is 0 Å². The minimum absolute atomic E-state index is 0.0385. The Morgan fingerprint density at radius 3 is 2.22 bits per heavy atom. The monoisotopic (exact) mass is 375 g/mol. The molecule has 1 aliphatic heterocycles. The van der Waals surface area contributed by atoms with Crippen molar-refractivity contribution in [3.05, 3.63) is 39.9 Å². The number of amides is 2. The zero-order chi connectivity index (χ0) is 20.2. The summed E-state index contributed by atoms with van der Waals surface area (Å²) in [7, 11) is 0. The van der Waals surface area contributed by atoms with Crippen LogP contribution in [0.5, 0.6) is 0 Å². The molecule has 0 saturated carbocycles. The number of non-ortho nitro benzene ring substituents is 1. The van der Waals surface area contributed by atoms with Crippen LogP contribution in [-0.4, -0.2) is 40.1 Å². The fourth-order valence-electron chi connectivity index (χ4n) is 3.57. The number of rotatable bonds is 4. The Hall–Kier alpha value is -2.81. The van der Waals surface area contributed by atoms with Gasteiger partial charge < -0.3 is 10.6 Å². The Morgan fingerprint density at radius 2 is 1.70 bits per heavy atom. The molecule has 146 valence electrons. The summed E-state index contributed by atoms with van der Waals surface area (Å²) in [4.78, 5) is 34.1. The lowest BCUT2D eigenvalue weighted by molar-refractivity contribution is -0.384. The molecule has 1 aromatic rings. The molecular formula is C18H25N5O4. The predicted molar refractivity (Wildman–Crippen MR) is 101 cm³/mol. The SMILES string of the molecule is CC1(C)CC(NC(=O)C(=O)N/N=C\c2ccc([N+](=O)[O-])cc2)CC(C)(C)N1. The van der Waals surface area contributed by atoms with Crippen molar-refractivity contribution in [1.82, 2.24) is 16.1 Å². The van der Waals surface area contributed by atoms with Gasteiger partial charge in [0.25, 0.3) is 5.69 Å². The van der Waals surface area contributed by atoms with Crippen LogP contribution in [0.4, 0.5) is 5.69 Å². The Labute approximate surface area is 157 Å². The molecule has 27 heavy (non-hydrogen) atoms. The number of carbonyl (C=O) groups excluding carboxylic acids is 2. The van der Waals surface area contributed by atoms with Crippen molar-refractivity contribution >= 4 is 23.7 Å². The topological polar surface area (TPSA) is 126 Å². The summed E-state index contributed by atoms with van der Waals surface area (Å²) in [6, 6.07) is 5.53. The van der Waals surface area contributed by atoms with Gasteiger partial charge in [-0.25, -0.2) is 5.43 Å². The van der Waals surface area contributed by atoms with Crippen LogP contribution in [0.3, 0.4) is 0 Å². The van der Waals surface area contributed by atoms with Gasteiger partial charge in [-0.2, -0.15) is 5.10 Å². The fourth-order valence-corrected chi connectivity index (χ4v) is 3.57. The highest BCUT2D eigenvalue weighted by atomic mass is 16.6. The number of benzene rings is 1. The van der Waals surface area contributed by atoms with Gasteiger partial charge in [0.15, 0.2) is 0 Å². The van der Waals surface area contributed by atoms with Crippen molar-refractivity contribution in [3.8, 4) is 0 Å². The van der Waals surface area contributed by atoms with E-state index in [1.807, 2.05) is 0 Å². The number of nitrogens with one attached hydrogen (secondary N) is 3. The van der Waals surface area contributed by atoms with Crippen molar-refractivity contribution < 1.29 is 14.5 Å². The van der Waals surface area contributed by atoms with E-state index in [9.17, 15) is 19.7 Å². The summed E-state index contributed by atoms with van der Waals surface area (Å²) in [5.41, 5.74) is 2.39. The first-order chi connectivity index (χ1) is 12.5. The number of piperidine rings is 1. The summed E-state index contributed by atoms with van der Waals surface area (Å²) in [6.07, 6.45) is 2.73. The van der Waals surface area contributed by atoms with Crippen LogP contribution >= 0.6 is 0 Å². The molecule has 0 aromatic heterocycles. The van der Waals surface area contributed by atoms with Gasteiger partial charge >= 0.3 is 11.8 Å². The van der Waals surface area contributed by atoms with E-state index in [1.54, 1.807) is 0 Å². The Morgan fingerprint density at radius 1 is 1.15 bits per heavy atom. The number of hydrogen-bond acceptors (Lipinski definition) is 6. The molecule has 1 saturated heterocycles. The second-order valence-corrected chi connectivity index (χ2v) is 8.02. The molecule has 0 bridgehead atoms. The second kappa shape index (κ2) is 7.83. The van der Waals surface area contributed by atoms with Crippen molar-refractivity contribution in [3.63, 3.8) is 0 Å². The summed E-state index contributed by atoms with van der Waals surface area (Å²) in [6.45, 7) is 8.23. The minimum Gasteiger partial charge on any atom is -0.345 e. The first kappa shape index (κ1) is 20.5. The summed E-state index contributed by atoms with van der Waals surface area (Å²) in [5.74, 6) is -1.60. The lowest BCUT2D eigenvalue weighted by atomic mass is 9.79. The van der Waals surface area contributed by atoms with Crippen molar-refractivity contribution in [1.29, 1.82) is 0 Å². The fraction of sp³-hybridized carbons (Fsp3) is 0.500. The molecule has 1 heterocycles. The van der Waals surface area contributed by atoms with E-state index < -0.39 is 16.7 Å². The van der Waals surface area contributed by atoms with Crippen LogP contribution in [0, 0.1) is 10.1 Å². The Balaban J connectivity index is 1.88. The van der Waals surface area contributed by atoms with E-state index in [0.717, 1.165) is 0 Å². The van der Waals surface area contributed by atoms with Gasteiger partial charge in [0.1, 0.15) is 0 Å². The maximum absolute atomic E-state index is 12.1. The van der Waals surface area contributed by atoms with Crippen LogP contribution in [0.2, 0.25) is 0 Å². The standard InChI is InChI=1S/C18H25N5O4/c1-17(2)9-13(10-18(3,4)22-17)20-15(24)16(25)21-19-11-12-5-7-14(8-6-12)23(26)27/h5-8,11,13,22H,9-10H2,1-4H3,(H,20,24)(H,21,25)/b19-11-. The number of hydrogen-bond donors (Lipinski definition) is 3. The maximum atomic E-state index is 12.1. The summed E-state index contributed by atoms with van der Waals surface area (Å²) >= 11 is 0. The quantitative estimate of drug-likeness (QED) is 0.318. The summed E-state index contributed by atoms with van der Waals surface area (Å²) in [5, 5.41) is 20.6. The zero-order valence-electron chi connectivity index (χ0n) is 15.9. The minimum atomic E-state index is -0.859. The highest BCUT2D eigenvalue weighted by molar-refractivity contribution is 6.35. The molecule has 1 fully saturated rings. The third kappa shape index (κ3) is 6.14. The maximum Gasteiger partial charge on any atom is 0.329 e. The third-order valence-corrected chi connectivity index (χ3v) is 4.22. The number of hydrazone groups is 1. The molecule has 0 aliphatic carbocycles. The first-order valence-corrected chi connectivity index (χ1v) is 8.65. The van der Waals surface area contributed by atoms with E-state index in [4.69, 9.17) is 0 Å². The highest BCUT2D eigenvalue weighted by Crippen LogP contribution is 2.28. The van der Waals surface area contributed by atoms with Gasteiger partial charge in [-0.1, -0.05) is 0 Å². The van der Waals surface area contributed by atoms with Gasteiger partial charge in [-0.3, -0.25) is 19.7 Å². The van der Waals surface area contributed by atoms with Crippen LogP contribution in [0.1, 0.15) is 46.1 Å².